The second kappa shape index (κ2) is 15.4. The number of esters is 2. The van der Waals surface area contributed by atoms with Crippen LogP contribution in [-0.4, -0.2) is 72.6 Å². The molecular weight excluding hydrogens is 456 g/mol. The third-order valence-corrected chi connectivity index (χ3v) is 5.87. The van der Waals surface area contributed by atoms with Gasteiger partial charge in [0.2, 0.25) is 0 Å². The highest BCUT2D eigenvalue weighted by molar-refractivity contribution is 5.96. The molecule has 1 fully saturated rings. The number of rotatable bonds is 15. The van der Waals surface area contributed by atoms with E-state index in [9.17, 15) is 9.59 Å². The monoisotopic (exact) mass is 494 g/mol. The summed E-state index contributed by atoms with van der Waals surface area (Å²) in [7, 11) is 5.65. The molecule has 0 N–H and O–H groups in total. The number of hydrogen-bond donors (Lipinski definition) is 0. The number of ether oxygens (including phenoxy) is 7. The number of methoxy groups -OCH3 is 4. The highest BCUT2D eigenvalue weighted by atomic mass is 16.7. The van der Waals surface area contributed by atoms with Crippen molar-refractivity contribution in [2.24, 2.45) is 5.92 Å². The standard InChI is InChI=1S/C26H38O9/c1-18(34-17-33-15-14-29-2)10-12-21(24(25(27)31-4)26(28)32-5)19-11-13-22(30-3)23(16-19)35-20-8-6-7-9-20/h10-13,16,18,20-21,24H,6-9,14-15,17H2,1-5H3/b12-10+/t18-,21-/m0/s1. The van der Waals surface area contributed by atoms with E-state index >= 15 is 0 Å². The molecule has 1 aliphatic carbocycles. The molecule has 0 amide bonds. The fourth-order valence-corrected chi connectivity index (χ4v) is 3.92. The summed E-state index contributed by atoms with van der Waals surface area (Å²) in [5.41, 5.74) is 0.680. The lowest BCUT2D eigenvalue weighted by atomic mass is 9.85. The van der Waals surface area contributed by atoms with E-state index in [1.807, 2.05) is 13.0 Å². The summed E-state index contributed by atoms with van der Waals surface area (Å²) in [5, 5.41) is 0. The van der Waals surface area contributed by atoms with Crippen molar-refractivity contribution >= 4 is 11.9 Å². The Balaban J connectivity index is 2.33. The Labute approximate surface area is 207 Å². The lowest BCUT2D eigenvalue weighted by Crippen LogP contribution is -2.31. The fourth-order valence-electron chi connectivity index (χ4n) is 3.92. The molecule has 1 aromatic rings. The van der Waals surface area contributed by atoms with Crippen LogP contribution in [0.3, 0.4) is 0 Å². The van der Waals surface area contributed by atoms with Gasteiger partial charge in [-0.3, -0.25) is 9.59 Å². The predicted octanol–water partition coefficient (Wildman–Crippen LogP) is 3.64. The van der Waals surface area contributed by atoms with E-state index in [1.165, 1.54) is 14.2 Å². The van der Waals surface area contributed by atoms with E-state index in [-0.39, 0.29) is 19.0 Å². The molecule has 0 radical (unpaired) electrons. The average Bonchev–Trinajstić information content (AvgIpc) is 3.38. The van der Waals surface area contributed by atoms with E-state index in [1.54, 1.807) is 38.5 Å². The van der Waals surface area contributed by atoms with Gasteiger partial charge in [0.1, 0.15) is 6.79 Å². The first-order valence-electron chi connectivity index (χ1n) is 11.8. The minimum atomic E-state index is -1.21. The Kier molecular flexibility index (Phi) is 12.6. The van der Waals surface area contributed by atoms with Crippen molar-refractivity contribution in [3.8, 4) is 11.5 Å². The zero-order valence-corrected chi connectivity index (χ0v) is 21.3. The van der Waals surface area contributed by atoms with Gasteiger partial charge in [0, 0.05) is 13.0 Å². The van der Waals surface area contributed by atoms with Gasteiger partial charge in [-0.2, -0.15) is 0 Å². The second-order valence-electron chi connectivity index (χ2n) is 8.26. The van der Waals surface area contributed by atoms with Gasteiger partial charge in [0.25, 0.3) is 0 Å². The second-order valence-corrected chi connectivity index (χ2v) is 8.26. The highest BCUT2D eigenvalue weighted by Crippen LogP contribution is 2.37. The van der Waals surface area contributed by atoms with Crippen LogP contribution in [0.25, 0.3) is 0 Å². The first-order valence-corrected chi connectivity index (χ1v) is 11.8. The molecular formula is C26H38O9. The number of carbonyl (C=O) groups is 2. The van der Waals surface area contributed by atoms with Gasteiger partial charge in [0.15, 0.2) is 17.4 Å². The summed E-state index contributed by atoms with van der Waals surface area (Å²) >= 11 is 0. The summed E-state index contributed by atoms with van der Waals surface area (Å²) in [6, 6.07) is 5.38. The maximum atomic E-state index is 12.7. The van der Waals surface area contributed by atoms with Crippen LogP contribution in [0.2, 0.25) is 0 Å². The molecule has 1 saturated carbocycles. The van der Waals surface area contributed by atoms with Gasteiger partial charge in [-0.25, -0.2) is 0 Å². The molecule has 0 spiro atoms. The molecule has 2 atom stereocenters. The largest absolute Gasteiger partial charge is 0.493 e. The Bertz CT molecular complexity index is 801. The first-order chi connectivity index (χ1) is 16.9. The van der Waals surface area contributed by atoms with Crippen molar-refractivity contribution in [3.05, 3.63) is 35.9 Å². The summed E-state index contributed by atoms with van der Waals surface area (Å²) in [5.74, 6) is -2.14. The van der Waals surface area contributed by atoms with Crippen molar-refractivity contribution < 1.29 is 42.7 Å². The molecule has 0 unspecified atom stereocenters. The van der Waals surface area contributed by atoms with Crippen molar-refractivity contribution in [3.63, 3.8) is 0 Å². The Morgan fingerprint density at radius 1 is 0.971 bits per heavy atom. The van der Waals surface area contributed by atoms with Gasteiger partial charge in [-0.05, 0) is 50.3 Å². The van der Waals surface area contributed by atoms with E-state index < -0.39 is 23.8 Å². The topological polar surface area (TPSA) is 98.8 Å². The lowest BCUT2D eigenvalue weighted by molar-refractivity contribution is -0.159. The Morgan fingerprint density at radius 2 is 1.66 bits per heavy atom. The van der Waals surface area contributed by atoms with E-state index in [4.69, 9.17) is 33.2 Å². The van der Waals surface area contributed by atoms with Gasteiger partial charge in [-0.1, -0.05) is 18.2 Å². The van der Waals surface area contributed by atoms with E-state index in [0.717, 1.165) is 25.7 Å². The SMILES string of the molecule is COCCOCO[C@@H](C)/C=C/[C@@H](c1ccc(OC)c(OC2CCCC2)c1)C(C(=O)OC)C(=O)OC. The lowest BCUT2D eigenvalue weighted by Gasteiger charge is -2.23. The third kappa shape index (κ3) is 8.83. The number of benzene rings is 1. The van der Waals surface area contributed by atoms with Crippen LogP contribution in [0.1, 0.15) is 44.1 Å². The minimum Gasteiger partial charge on any atom is -0.493 e. The number of carbonyl (C=O) groups excluding carboxylic acids is 2. The smallest absolute Gasteiger partial charge is 0.321 e. The zero-order chi connectivity index (χ0) is 25.6. The normalized spacial score (nSPS) is 15.8. The molecule has 1 aliphatic rings. The molecule has 0 saturated heterocycles. The van der Waals surface area contributed by atoms with E-state index in [2.05, 4.69) is 0 Å². The zero-order valence-electron chi connectivity index (χ0n) is 21.3. The highest BCUT2D eigenvalue weighted by Gasteiger charge is 2.37. The van der Waals surface area contributed by atoms with E-state index in [0.29, 0.717) is 30.3 Å². The molecule has 0 heterocycles. The maximum Gasteiger partial charge on any atom is 0.321 e. The summed E-state index contributed by atoms with van der Waals surface area (Å²) in [6.45, 7) is 2.80. The predicted molar refractivity (Wildman–Crippen MR) is 129 cm³/mol. The maximum absolute atomic E-state index is 12.7. The fraction of sp³-hybridized carbons (Fsp3) is 0.615. The molecule has 0 aliphatic heterocycles. The molecule has 0 aromatic heterocycles. The van der Waals surface area contributed by atoms with Crippen LogP contribution in [0.15, 0.2) is 30.4 Å². The molecule has 9 nitrogen and oxygen atoms in total. The van der Waals surface area contributed by atoms with Gasteiger partial charge < -0.3 is 33.2 Å². The molecule has 9 heteroatoms. The van der Waals surface area contributed by atoms with Crippen LogP contribution in [-0.2, 0) is 33.3 Å². The Morgan fingerprint density at radius 3 is 2.26 bits per heavy atom. The number of allylic oxidation sites excluding steroid dienone is 1. The van der Waals surface area contributed by atoms with Crippen LogP contribution < -0.4 is 9.47 Å². The summed E-state index contributed by atoms with van der Waals surface area (Å²) in [4.78, 5) is 25.3. The van der Waals surface area contributed by atoms with Gasteiger partial charge in [0.05, 0.1) is 46.8 Å². The first kappa shape index (κ1) is 28.6. The van der Waals surface area contributed by atoms with Crippen LogP contribution in [0, 0.1) is 5.92 Å². The summed E-state index contributed by atoms with van der Waals surface area (Å²) < 4.78 is 37.5. The third-order valence-electron chi connectivity index (χ3n) is 5.87. The van der Waals surface area contributed by atoms with Gasteiger partial charge in [-0.15, -0.1) is 0 Å². The van der Waals surface area contributed by atoms with Crippen LogP contribution in [0.4, 0.5) is 0 Å². The molecule has 1 aromatic carbocycles. The van der Waals surface area contributed by atoms with Crippen molar-refractivity contribution in [2.45, 2.75) is 50.7 Å². The molecule has 196 valence electrons. The molecule has 2 rings (SSSR count). The average molecular weight is 495 g/mol. The van der Waals surface area contributed by atoms with Gasteiger partial charge >= 0.3 is 11.9 Å². The molecule has 0 bridgehead atoms. The Hall–Kier alpha value is -2.62. The minimum absolute atomic E-state index is 0.0822. The number of hydrogen-bond acceptors (Lipinski definition) is 9. The summed E-state index contributed by atoms with van der Waals surface area (Å²) in [6.07, 6.45) is 7.48. The van der Waals surface area contributed by atoms with Crippen molar-refractivity contribution in [1.29, 1.82) is 0 Å². The molecule has 35 heavy (non-hydrogen) atoms. The van der Waals surface area contributed by atoms with Crippen LogP contribution in [0.5, 0.6) is 11.5 Å². The van der Waals surface area contributed by atoms with Crippen molar-refractivity contribution in [1.82, 2.24) is 0 Å². The van der Waals surface area contributed by atoms with Crippen LogP contribution >= 0.6 is 0 Å². The van der Waals surface area contributed by atoms with Crippen molar-refractivity contribution in [2.75, 3.05) is 48.4 Å². The quantitative estimate of drug-likeness (QED) is 0.119.